The van der Waals surface area contributed by atoms with Crippen molar-refractivity contribution in [3.8, 4) is 17.2 Å². The first-order valence-electron chi connectivity index (χ1n) is 15.0. The predicted molar refractivity (Wildman–Crippen MR) is 167 cm³/mol. The summed E-state index contributed by atoms with van der Waals surface area (Å²) in [7, 11) is 3.05. The van der Waals surface area contributed by atoms with E-state index in [9.17, 15) is 15.2 Å². The van der Waals surface area contributed by atoms with Gasteiger partial charge >= 0.3 is 0 Å². The van der Waals surface area contributed by atoms with Gasteiger partial charge in [0, 0.05) is 42.9 Å². The monoisotopic (exact) mass is 602 g/mol. The molecule has 1 unspecified atom stereocenters. The molecule has 0 aliphatic carbocycles. The third-order valence-electron chi connectivity index (χ3n) is 7.86. The van der Waals surface area contributed by atoms with Gasteiger partial charge in [-0.15, -0.1) is 15.3 Å². The average molecular weight is 603 g/mol. The molecule has 0 aromatic heterocycles. The van der Waals surface area contributed by atoms with Crippen molar-refractivity contribution in [2.24, 2.45) is 20.5 Å². The van der Waals surface area contributed by atoms with Crippen molar-refractivity contribution >= 4 is 34.1 Å². The first-order valence-corrected chi connectivity index (χ1v) is 15.0. The quantitative estimate of drug-likeness (QED) is 0.118. The lowest BCUT2D eigenvalue weighted by Gasteiger charge is -2.37. The molecule has 0 fully saturated rings. The van der Waals surface area contributed by atoms with E-state index in [0.717, 1.165) is 57.2 Å². The molecule has 5 rings (SSSR count). The minimum atomic E-state index is -0.468. The Bertz CT molecular complexity index is 1540. The van der Waals surface area contributed by atoms with E-state index in [1.165, 1.54) is 42.6 Å². The lowest BCUT2D eigenvalue weighted by atomic mass is 9.90. The molecule has 0 radical (unpaired) electrons. The van der Waals surface area contributed by atoms with E-state index in [1.54, 1.807) is 19.2 Å². The maximum absolute atomic E-state index is 11.0. The van der Waals surface area contributed by atoms with Crippen molar-refractivity contribution in [2.45, 2.75) is 58.0 Å². The number of anilines is 1. The Kier molecular flexibility index (Phi) is 10.0. The van der Waals surface area contributed by atoms with Gasteiger partial charge < -0.3 is 24.2 Å². The number of hydrogen-bond acceptors (Lipinski definition) is 11. The second kappa shape index (κ2) is 14.3. The van der Waals surface area contributed by atoms with Crippen LogP contribution in [0.25, 0.3) is 0 Å². The molecular weight excluding hydrogens is 564 g/mol. The fourth-order valence-electron chi connectivity index (χ4n) is 5.76. The number of ether oxygens (including phenoxy) is 3. The zero-order valence-corrected chi connectivity index (χ0v) is 25.4. The van der Waals surface area contributed by atoms with Crippen LogP contribution >= 0.6 is 0 Å². The Morgan fingerprint density at radius 2 is 1.68 bits per heavy atom. The van der Waals surface area contributed by atoms with Crippen molar-refractivity contribution in [1.82, 2.24) is 0 Å². The van der Waals surface area contributed by atoms with E-state index in [0.29, 0.717) is 53.0 Å². The standard InChI is InChI=1S/C32H38N6O6/c1-4-7-24(39)16-19-44-31-25-9-6-18-37-17-5-8-21(30(25)37)20-27(31)35-36-29-28(42-2)15-14-26(32(29)43-3)34-33-22-10-12-23(13-11-22)38(40)41/h10-15,20,24,39H,4-9,16-19H2,1-3H3. The van der Waals surface area contributed by atoms with Gasteiger partial charge in [-0.1, -0.05) is 13.3 Å². The molecule has 1 N–H and O–H groups in total. The largest absolute Gasteiger partial charge is 0.494 e. The fraction of sp³-hybridized carbons (Fsp3) is 0.438. The van der Waals surface area contributed by atoms with Gasteiger partial charge in [-0.05, 0) is 68.0 Å². The molecule has 232 valence electrons. The summed E-state index contributed by atoms with van der Waals surface area (Å²) in [6.45, 7) is 4.50. The van der Waals surface area contributed by atoms with Crippen molar-refractivity contribution in [3.05, 3.63) is 63.7 Å². The molecule has 12 nitrogen and oxygen atoms in total. The molecule has 0 amide bonds. The highest BCUT2D eigenvalue weighted by Crippen LogP contribution is 2.49. The maximum Gasteiger partial charge on any atom is 0.269 e. The summed E-state index contributed by atoms with van der Waals surface area (Å²) in [6, 6.07) is 11.2. The number of methoxy groups -OCH3 is 2. The van der Waals surface area contributed by atoms with Crippen LogP contribution in [0.1, 0.15) is 50.2 Å². The number of nitro benzene ring substituents is 1. The van der Waals surface area contributed by atoms with Crippen molar-refractivity contribution < 1.29 is 24.2 Å². The summed E-state index contributed by atoms with van der Waals surface area (Å²) in [4.78, 5) is 12.9. The van der Waals surface area contributed by atoms with Crippen LogP contribution in [0.15, 0.2) is 62.9 Å². The van der Waals surface area contributed by atoms with Gasteiger partial charge in [-0.25, -0.2) is 0 Å². The molecule has 0 bridgehead atoms. The Labute approximate surface area is 256 Å². The van der Waals surface area contributed by atoms with Crippen LogP contribution in [-0.4, -0.2) is 50.0 Å². The van der Waals surface area contributed by atoms with Crippen LogP contribution < -0.4 is 19.1 Å². The summed E-state index contributed by atoms with van der Waals surface area (Å²) in [5.41, 5.74) is 5.41. The van der Waals surface area contributed by atoms with Crippen LogP contribution in [0.5, 0.6) is 17.2 Å². The summed E-state index contributed by atoms with van der Waals surface area (Å²) >= 11 is 0. The molecule has 44 heavy (non-hydrogen) atoms. The van der Waals surface area contributed by atoms with E-state index < -0.39 is 11.0 Å². The minimum Gasteiger partial charge on any atom is -0.494 e. The zero-order chi connectivity index (χ0) is 31.1. The Morgan fingerprint density at radius 1 is 0.932 bits per heavy atom. The molecule has 2 aliphatic heterocycles. The van der Waals surface area contributed by atoms with Crippen LogP contribution in [0.4, 0.5) is 34.1 Å². The molecule has 1 atom stereocenters. The second-order valence-electron chi connectivity index (χ2n) is 10.8. The third-order valence-corrected chi connectivity index (χ3v) is 7.86. The molecule has 3 aromatic rings. The van der Waals surface area contributed by atoms with E-state index in [-0.39, 0.29) is 5.69 Å². The number of rotatable bonds is 13. The first kappa shape index (κ1) is 30.9. The number of aliphatic hydroxyl groups excluding tert-OH is 1. The second-order valence-corrected chi connectivity index (χ2v) is 10.8. The number of aryl methyl sites for hydroxylation is 1. The van der Waals surface area contributed by atoms with Gasteiger partial charge in [0.15, 0.2) is 17.2 Å². The summed E-state index contributed by atoms with van der Waals surface area (Å²) in [5, 5.41) is 39.1. The maximum atomic E-state index is 11.0. The van der Waals surface area contributed by atoms with Crippen LogP contribution in [-0.2, 0) is 12.8 Å². The zero-order valence-electron chi connectivity index (χ0n) is 25.4. The number of benzene rings is 3. The SMILES string of the molecule is CCCC(O)CCOc1c(N=Nc2c(OC)ccc(N=Nc3ccc([N+](=O)[O-])cc3)c2OC)cc2c3c1CCCN3CCC2. The summed E-state index contributed by atoms with van der Waals surface area (Å²) in [6.07, 6.45) is 5.73. The van der Waals surface area contributed by atoms with E-state index in [1.807, 2.05) is 0 Å². The number of nitro groups is 1. The molecule has 2 heterocycles. The van der Waals surface area contributed by atoms with Gasteiger partial charge in [0.2, 0.25) is 0 Å². The van der Waals surface area contributed by atoms with Crippen molar-refractivity contribution in [2.75, 3.05) is 38.8 Å². The van der Waals surface area contributed by atoms with Gasteiger partial charge in [0.25, 0.3) is 5.69 Å². The van der Waals surface area contributed by atoms with Gasteiger partial charge in [0.05, 0.1) is 37.5 Å². The number of nitrogens with zero attached hydrogens (tertiary/aromatic N) is 6. The summed E-state index contributed by atoms with van der Waals surface area (Å²) < 4.78 is 17.7. The number of hydrogen-bond donors (Lipinski definition) is 1. The molecule has 0 saturated carbocycles. The molecule has 0 saturated heterocycles. The highest BCUT2D eigenvalue weighted by molar-refractivity contribution is 5.75. The topological polar surface area (TPSA) is 144 Å². The van der Waals surface area contributed by atoms with E-state index in [2.05, 4.69) is 33.2 Å². The summed E-state index contributed by atoms with van der Waals surface area (Å²) in [5.74, 6) is 1.46. The minimum absolute atomic E-state index is 0.0295. The highest BCUT2D eigenvalue weighted by Gasteiger charge is 2.29. The van der Waals surface area contributed by atoms with Crippen molar-refractivity contribution in [3.63, 3.8) is 0 Å². The Morgan fingerprint density at radius 3 is 2.39 bits per heavy atom. The Balaban J connectivity index is 1.51. The number of azo groups is 2. The van der Waals surface area contributed by atoms with Crippen molar-refractivity contribution in [1.29, 1.82) is 0 Å². The predicted octanol–water partition coefficient (Wildman–Crippen LogP) is 8.07. The smallest absolute Gasteiger partial charge is 0.269 e. The molecule has 2 aliphatic rings. The van der Waals surface area contributed by atoms with Gasteiger partial charge in [-0.3, -0.25) is 10.1 Å². The lowest BCUT2D eigenvalue weighted by molar-refractivity contribution is -0.384. The van der Waals surface area contributed by atoms with Crippen LogP contribution in [0, 0.1) is 10.1 Å². The highest BCUT2D eigenvalue weighted by atomic mass is 16.6. The number of non-ortho nitro benzene ring substituents is 1. The number of aliphatic hydroxyl groups is 1. The van der Waals surface area contributed by atoms with Crippen LogP contribution in [0.2, 0.25) is 0 Å². The fourth-order valence-corrected chi connectivity index (χ4v) is 5.76. The molecule has 0 spiro atoms. The molecule has 3 aromatic carbocycles. The van der Waals surface area contributed by atoms with E-state index in [4.69, 9.17) is 19.3 Å². The van der Waals surface area contributed by atoms with Gasteiger partial charge in [-0.2, -0.15) is 5.11 Å². The third kappa shape index (κ3) is 6.80. The Hall–Kier alpha value is -4.58. The lowest BCUT2D eigenvalue weighted by Crippen LogP contribution is -2.34. The molecule has 12 heteroatoms. The first-order chi connectivity index (χ1) is 21.4. The van der Waals surface area contributed by atoms with E-state index >= 15 is 0 Å². The average Bonchev–Trinajstić information content (AvgIpc) is 3.04. The van der Waals surface area contributed by atoms with Gasteiger partial charge in [0.1, 0.15) is 17.1 Å². The normalized spacial score (nSPS) is 15.0. The van der Waals surface area contributed by atoms with Crippen LogP contribution in [0.3, 0.4) is 0 Å². The molecular formula is C32H38N6O6.